The first-order valence-electron chi connectivity index (χ1n) is 2.02. The molecular weight excluding hydrogens is 126 g/mol. The molecule has 0 aromatic rings. The predicted molar refractivity (Wildman–Crippen MR) is 33.4 cm³/mol. The van der Waals surface area contributed by atoms with Gasteiger partial charge >= 0.3 is 0 Å². The van der Waals surface area contributed by atoms with Crippen LogP contribution in [0.4, 0.5) is 0 Å². The fourth-order valence-corrected chi connectivity index (χ4v) is 0.338. The Morgan fingerprint density at radius 1 is 1.75 bits per heavy atom. The van der Waals surface area contributed by atoms with Gasteiger partial charge in [-0.1, -0.05) is 0 Å². The molecule has 0 aliphatic carbocycles. The molecule has 0 bridgehead atoms. The van der Waals surface area contributed by atoms with Gasteiger partial charge in [-0.2, -0.15) is 0 Å². The average molecular weight is 133 g/mol. The van der Waals surface area contributed by atoms with E-state index in [0.717, 1.165) is 0 Å². The Labute approximate surface area is 53.0 Å². The Bertz CT molecular complexity index is 113. The van der Waals surface area contributed by atoms with Crippen LogP contribution in [-0.4, -0.2) is 18.2 Å². The van der Waals surface area contributed by atoms with E-state index < -0.39 is 0 Å². The van der Waals surface area contributed by atoms with Crippen LogP contribution in [0.3, 0.4) is 0 Å². The molecule has 0 saturated heterocycles. The predicted octanol–water partition coefficient (Wildman–Crippen LogP) is 0.0538. The number of hydrogen-bond donors (Lipinski definition) is 1. The molecular formula is C4H7NO2S. The Kier molecular flexibility index (Phi) is 3.10. The molecule has 3 nitrogen and oxygen atoms in total. The highest BCUT2D eigenvalue weighted by molar-refractivity contribution is 7.80. The maximum atomic E-state index is 10.1. The standard InChI is InChI=1S/C4H7NO2S/c1-3(6)5-4(8)7-2/h1-2H3,(H,5,6,8). The molecule has 0 radical (unpaired) electrons. The molecule has 0 spiro atoms. The number of carbonyl (C=O) groups excluding carboxylic acids is 1. The summed E-state index contributed by atoms with van der Waals surface area (Å²) < 4.78 is 4.46. The van der Waals surface area contributed by atoms with Crippen molar-refractivity contribution in [2.75, 3.05) is 7.11 Å². The summed E-state index contributed by atoms with van der Waals surface area (Å²) in [6.45, 7) is 1.37. The summed E-state index contributed by atoms with van der Waals surface area (Å²) >= 11 is 4.48. The minimum Gasteiger partial charge on any atom is -0.474 e. The minimum atomic E-state index is -0.211. The summed E-state index contributed by atoms with van der Waals surface area (Å²) in [5, 5.41) is 2.37. The monoisotopic (exact) mass is 133 g/mol. The molecule has 0 aromatic heterocycles. The van der Waals surface area contributed by atoms with Crippen LogP contribution in [0.2, 0.25) is 0 Å². The Hall–Kier alpha value is -0.640. The smallest absolute Gasteiger partial charge is 0.263 e. The molecule has 0 unspecified atom stereocenters. The third-order valence-electron chi connectivity index (χ3n) is 0.463. The van der Waals surface area contributed by atoms with E-state index in [-0.39, 0.29) is 11.1 Å². The van der Waals surface area contributed by atoms with Gasteiger partial charge in [0.2, 0.25) is 5.91 Å². The van der Waals surface area contributed by atoms with E-state index in [4.69, 9.17) is 0 Å². The molecule has 8 heavy (non-hydrogen) atoms. The summed E-state index contributed by atoms with van der Waals surface area (Å²) in [7, 11) is 1.40. The van der Waals surface area contributed by atoms with Crippen molar-refractivity contribution in [2.24, 2.45) is 0 Å². The molecule has 0 saturated carbocycles. The van der Waals surface area contributed by atoms with Gasteiger partial charge in [0.1, 0.15) is 0 Å². The van der Waals surface area contributed by atoms with Gasteiger partial charge in [0.25, 0.3) is 5.17 Å². The zero-order valence-corrected chi connectivity index (χ0v) is 5.54. The Morgan fingerprint density at radius 3 is 2.38 bits per heavy atom. The van der Waals surface area contributed by atoms with Crippen LogP contribution in [0, 0.1) is 0 Å². The summed E-state index contributed by atoms with van der Waals surface area (Å²) in [6, 6.07) is 0. The lowest BCUT2D eigenvalue weighted by Crippen LogP contribution is -2.27. The lowest BCUT2D eigenvalue weighted by Gasteiger charge is -1.98. The number of thiocarbonyl (C=S) groups is 1. The van der Waals surface area contributed by atoms with Crippen molar-refractivity contribution < 1.29 is 9.53 Å². The van der Waals surface area contributed by atoms with Crippen LogP contribution >= 0.6 is 12.2 Å². The van der Waals surface area contributed by atoms with E-state index in [0.29, 0.717) is 0 Å². The van der Waals surface area contributed by atoms with E-state index in [9.17, 15) is 4.79 Å². The number of carbonyl (C=O) groups is 1. The summed E-state index contributed by atoms with van der Waals surface area (Å²) in [6.07, 6.45) is 0. The van der Waals surface area contributed by atoms with Crippen LogP contribution in [0.1, 0.15) is 6.92 Å². The molecule has 0 heterocycles. The number of ether oxygens (including phenoxy) is 1. The molecule has 4 heteroatoms. The zero-order valence-electron chi connectivity index (χ0n) is 4.72. The molecule has 1 amide bonds. The number of hydrogen-bond acceptors (Lipinski definition) is 3. The molecule has 1 N–H and O–H groups in total. The average Bonchev–Trinajstić information content (AvgIpc) is 1.65. The van der Waals surface area contributed by atoms with Gasteiger partial charge in [-0.15, -0.1) is 0 Å². The zero-order chi connectivity index (χ0) is 6.57. The summed E-state index contributed by atoms with van der Waals surface area (Å²) in [4.78, 5) is 10.1. The van der Waals surface area contributed by atoms with Gasteiger partial charge in [-0.05, 0) is 12.2 Å². The highest BCUT2D eigenvalue weighted by Crippen LogP contribution is 1.70. The third kappa shape index (κ3) is 3.55. The van der Waals surface area contributed by atoms with Crippen LogP contribution in [-0.2, 0) is 9.53 Å². The third-order valence-corrected chi connectivity index (χ3v) is 0.732. The number of methoxy groups -OCH3 is 1. The first-order chi connectivity index (χ1) is 3.66. The number of rotatable bonds is 0. The van der Waals surface area contributed by atoms with Gasteiger partial charge in [0, 0.05) is 6.92 Å². The van der Waals surface area contributed by atoms with Crippen molar-refractivity contribution in [3.05, 3.63) is 0 Å². The maximum Gasteiger partial charge on any atom is 0.263 e. The molecule has 0 aliphatic rings. The number of amides is 1. The minimum absolute atomic E-state index is 0.109. The fraction of sp³-hybridized carbons (Fsp3) is 0.500. The van der Waals surface area contributed by atoms with Crippen molar-refractivity contribution in [1.82, 2.24) is 5.32 Å². The Balaban J connectivity index is 3.40. The summed E-state index contributed by atoms with van der Waals surface area (Å²) in [5.41, 5.74) is 0. The lowest BCUT2D eigenvalue weighted by atomic mass is 10.7. The second-order valence-electron chi connectivity index (χ2n) is 1.17. The van der Waals surface area contributed by atoms with E-state index in [1.54, 1.807) is 0 Å². The molecule has 0 aliphatic heterocycles. The fourth-order valence-electron chi connectivity index (χ4n) is 0.195. The van der Waals surface area contributed by atoms with Gasteiger partial charge in [0.05, 0.1) is 7.11 Å². The second-order valence-corrected chi connectivity index (χ2v) is 1.54. The maximum absolute atomic E-state index is 10.1. The van der Waals surface area contributed by atoms with Crippen LogP contribution in [0.25, 0.3) is 0 Å². The van der Waals surface area contributed by atoms with Gasteiger partial charge in [-0.3, -0.25) is 10.1 Å². The number of nitrogens with one attached hydrogen (secondary N) is 1. The van der Waals surface area contributed by atoms with Crippen LogP contribution < -0.4 is 5.32 Å². The van der Waals surface area contributed by atoms with Crippen molar-refractivity contribution in [3.63, 3.8) is 0 Å². The summed E-state index contributed by atoms with van der Waals surface area (Å²) in [5.74, 6) is -0.211. The van der Waals surface area contributed by atoms with Crippen molar-refractivity contribution >= 4 is 23.3 Å². The molecule has 0 fully saturated rings. The lowest BCUT2D eigenvalue weighted by molar-refractivity contribution is -0.117. The first-order valence-corrected chi connectivity index (χ1v) is 2.43. The van der Waals surface area contributed by atoms with Gasteiger partial charge in [0.15, 0.2) is 0 Å². The molecule has 46 valence electrons. The van der Waals surface area contributed by atoms with E-state index in [1.165, 1.54) is 14.0 Å². The highest BCUT2D eigenvalue weighted by Gasteiger charge is 1.93. The van der Waals surface area contributed by atoms with E-state index >= 15 is 0 Å². The topological polar surface area (TPSA) is 38.3 Å². The van der Waals surface area contributed by atoms with Crippen LogP contribution in [0.5, 0.6) is 0 Å². The van der Waals surface area contributed by atoms with Crippen molar-refractivity contribution in [2.45, 2.75) is 6.92 Å². The SMILES string of the molecule is COC(=S)NC(C)=O. The van der Waals surface area contributed by atoms with E-state index in [2.05, 4.69) is 22.3 Å². The van der Waals surface area contributed by atoms with E-state index in [1.807, 2.05) is 0 Å². The molecule has 0 rings (SSSR count). The second kappa shape index (κ2) is 3.37. The first kappa shape index (κ1) is 7.36. The van der Waals surface area contributed by atoms with Gasteiger partial charge < -0.3 is 4.74 Å². The quantitative estimate of drug-likeness (QED) is 0.475. The molecule has 0 aromatic carbocycles. The molecule has 0 atom stereocenters. The van der Waals surface area contributed by atoms with Crippen LogP contribution in [0.15, 0.2) is 0 Å². The highest BCUT2D eigenvalue weighted by atomic mass is 32.1. The Morgan fingerprint density at radius 2 is 2.25 bits per heavy atom. The van der Waals surface area contributed by atoms with Gasteiger partial charge in [-0.25, -0.2) is 0 Å². The van der Waals surface area contributed by atoms with Crippen molar-refractivity contribution in [3.8, 4) is 0 Å². The van der Waals surface area contributed by atoms with Crippen molar-refractivity contribution in [1.29, 1.82) is 0 Å². The normalized spacial score (nSPS) is 7.75. The largest absolute Gasteiger partial charge is 0.474 e.